The lowest BCUT2D eigenvalue weighted by molar-refractivity contribution is 0.0976. The van der Waals surface area contributed by atoms with Crippen molar-refractivity contribution in [3.63, 3.8) is 0 Å². The molecule has 0 saturated heterocycles. The molecule has 3 aromatic rings. The SMILES string of the molecule is CCCn1cc(CN=C(NC(=O)c2cccc(F)c2)Nc2ccccc2C)c(C)n1. The molecule has 156 valence electrons. The van der Waals surface area contributed by atoms with Gasteiger partial charge in [0.1, 0.15) is 5.82 Å². The zero-order valence-electron chi connectivity index (χ0n) is 17.4. The quantitative estimate of drug-likeness (QED) is 0.469. The van der Waals surface area contributed by atoms with Gasteiger partial charge < -0.3 is 5.32 Å². The first-order chi connectivity index (χ1) is 14.5. The topological polar surface area (TPSA) is 71.3 Å². The number of amides is 1. The number of aromatic nitrogens is 2. The number of anilines is 1. The summed E-state index contributed by atoms with van der Waals surface area (Å²) in [6.45, 7) is 7.20. The van der Waals surface area contributed by atoms with Crippen molar-refractivity contribution < 1.29 is 9.18 Å². The number of nitrogens with one attached hydrogen (secondary N) is 2. The summed E-state index contributed by atoms with van der Waals surface area (Å²) in [6.07, 6.45) is 2.97. The molecule has 0 bridgehead atoms. The van der Waals surface area contributed by atoms with Crippen molar-refractivity contribution in [1.29, 1.82) is 0 Å². The normalized spacial score (nSPS) is 11.4. The third-order valence-corrected chi connectivity index (χ3v) is 4.63. The molecule has 0 saturated carbocycles. The summed E-state index contributed by atoms with van der Waals surface area (Å²) in [5, 5.41) is 10.4. The van der Waals surface area contributed by atoms with Gasteiger partial charge in [-0.2, -0.15) is 5.10 Å². The zero-order chi connectivity index (χ0) is 21.5. The lowest BCUT2D eigenvalue weighted by Crippen LogP contribution is -2.36. The third kappa shape index (κ3) is 5.53. The van der Waals surface area contributed by atoms with Gasteiger partial charge in [0.2, 0.25) is 5.96 Å². The van der Waals surface area contributed by atoms with E-state index < -0.39 is 11.7 Å². The number of nitrogens with zero attached hydrogens (tertiary/aromatic N) is 3. The van der Waals surface area contributed by atoms with Crippen LogP contribution < -0.4 is 10.6 Å². The average Bonchev–Trinajstić information content (AvgIpc) is 3.07. The number of aryl methyl sites for hydroxylation is 3. The van der Waals surface area contributed by atoms with Crippen molar-refractivity contribution in [3.8, 4) is 0 Å². The van der Waals surface area contributed by atoms with Crippen LogP contribution in [0.3, 0.4) is 0 Å². The van der Waals surface area contributed by atoms with Gasteiger partial charge in [-0.3, -0.25) is 14.8 Å². The van der Waals surface area contributed by atoms with E-state index in [-0.39, 0.29) is 5.56 Å². The van der Waals surface area contributed by atoms with Crippen molar-refractivity contribution in [2.24, 2.45) is 4.99 Å². The Kier molecular flexibility index (Phi) is 6.95. The lowest BCUT2D eigenvalue weighted by atomic mass is 10.2. The number of benzene rings is 2. The molecule has 0 unspecified atom stereocenters. The third-order valence-electron chi connectivity index (χ3n) is 4.63. The van der Waals surface area contributed by atoms with Gasteiger partial charge in [0, 0.05) is 29.6 Å². The molecule has 30 heavy (non-hydrogen) atoms. The molecule has 7 heteroatoms. The van der Waals surface area contributed by atoms with Crippen molar-refractivity contribution in [3.05, 3.63) is 82.9 Å². The van der Waals surface area contributed by atoms with Gasteiger partial charge in [0.15, 0.2) is 0 Å². The second kappa shape index (κ2) is 9.82. The Bertz CT molecular complexity index is 1060. The standard InChI is InChI=1S/C23H26FN5O/c1-4-12-29-15-19(17(3)28-29)14-25-23(26-21-11-6-5-8-16(21)2)27-22(30)18-9-7-10-20(24)13-18/h5-11,13,15H,4,12,14H2,1-3H3,(H2,25,26,27,30). The van der Waals surface area contributed by atoms with E-state index in [2.05, 4.69) is 27.6 Å². The Hall–Kier alpha value is -3.48. The Balaban J connectivity index is 1.84. The summed E-state index contributed by atoms with van der Waals surface area (Å²) in [6, 6.07) is 13.3. The summed E-state index contributed by atoms with van der Waals surface area (Å²) in [5.74, 6) is -0.610. The van der Waals surface area contributed by atoms with Crippen LogP contribution in [-0.4, -0.2) is 21.6 Å². The highest BCUT2D eigenvalue weighted by molar-refractivity contribution is 6.10. The molecule has 2 N–H and O–H groups in total. The maximum absolute atomic E-state index is 13.5. The predicted octanol–water partition coefficient (Wildman–Crippen LogP) is 4.45. The molecule has 0 radical (unpaired) electrons. The maximum Gasteiger partial charge on any atom is 0.258 e. The molecular formula is C23H26FN5O. The van der Waals surface area contributed by atoms with Gasteiger partial charge in [-0.05, 0) is 50.1 Å². The first-order valence-electron chi connectivity index (χ1n) is 9.93. The number of carbonyl (C=O) groups is 1. The number of hydrogen-bond acceptors (Lipinski definition) is 3. The van der Waals surface area contributed by atoms with Gasteiger partial charge in [0.25, 0.3) is 5.91 Å². The summed E-state index contributed by atoms with van der Waals surface area (Å²) in [7, 11) is 0. The largest absolute Gasteiger partial charge is 0.326 e. The molecule has 0 fully saturated rings. The van der Waals surface area contributed by atoms with Gasteiger partial charge in [0.05, 0.1) is 12.2 Å². The molecule has 0 aliphatic carbocycles. The number of carbonyl (C=O) groups excluding carboxylic acids is 1. The van der Waals surface area contributed by atoms with E-state index in [1.165, 1.54) is 18.2 Å². The Morgan fingerprint density at radius 3 is 2.70 bits per heavy atom. The van der Waals surface area contributed by atoms with Crippen LogP contribution in [0.25, 0.3) is 0 Å². The predicted molar refractivity (Wildman–Crippen MR) is 117 cm³/mol. The van der Waals surface area contributed by atoms with Crippen molar-refractivity contribution >= 4 is 17.6 Å². The number of aliphatic imine (C=N–C) groups is 1. The first kappa shape index (κ1) is 21.2. The molecule has 3 rings (SSSR count). The summed E-state index contributed by atoms with van der Waals surface area (Å²) in [4.78, 5) is 17.2. The summed E-state index contributed by atoms with van der Waals surface area (Å²) in [5.41, 5.74) is 3.94. The lowest BCUT2D eigenvalue weighted by Gasteiger charge is -2.13. The van der Waals surface area contributed by atoms with Crippen LogP contribution in [0, 0.1) is 19.7 Å². The summed E-state index contributed by atoms with van der Waals surface area (Å²) < 4.78 is 15.4. The smallest absolute Gasteiger partial charge is 0.258 e. The van der Waals surface area contributed by atoms with E-state index in [1.807, 2.05) is 49.0 Å². The van der Waals surface area contributed by atoms with E-state index >= 15 is 0 Å². The van der Waals surface area contributed by atoms with Crippen LogP contribution in [0.2, 0.25) is 0 Å². The molecular weight excluding hydrogens is 381 g/mol. The number of hydrogen-bond donors (Lipinski definition) is 2. The van der Waals surface area contributed by atoms with E-state index in [1.54, 1.807) is 6.07 Å². The van der Waals surface area contributed by atoms with Gasteiger partial charge in [-0.1, -0.05) is 31.2 Å². The Labute approximate surface area is 175 Å². The molecule has 0 atom stereocenters. The zero-order valence-corrected chi connectivity index (χ0v) is 17.4. The molecule has 0 spiro atoms. The van der Waals surface area contributed by atoms with Crippen LogP contribution in [-0.2, 0) is 13.1 Å². The number of guanidine groups is 1. The Morgan fingerprint density at radius 1 is 1.17 bits per heavy atom. The highest BCUT2D eigenvalue weighted by atomic mass is 19.1. The van der Waals surface area contributed by atoms with Crippen LogP contribution in [0.5, 0.6) is 0 Å². The minimum atomic E-state index is -0.466. The van der Waals surface area contributed by atoms with Gasteiger partial charge >= 0.3 is 0 Å². The van der Waals surface area contributed by atoms with Crippen LogP contribution in [0.4, 0.5) is 10.1 Å². The highest BCUT2D eigenvalue weighted by Gasteiger charge is 2.12. The average molecular weight is 407 g/mol. The molecule has 0 aliphatic heterocycles. The fourth-order valence-corrected chi connectivity index (χ4v) is 2.98. The molecule has 1 heterocycles. The van der Waals surface area contributed by atoms with Crippen LogP contribution >= 0.6 is 0 Å². The second-order valence-electron chi connectivity index (χ2n) is 7.07. The molecule has 0 aliphatic rings. The summed E-state index contributed by atoms with van der Waals surface area (Å²) >= 11 is 0. The Morgan fingerprint density at radius 2 is 1.97 bits per heavy atom. The van der Waals surface area contributed by atoms with E-state index in [0.29, 0.717) is 12.5 Å². The molecule has 6 nitrogen and oxygen atoms in total. The van der Waals surface area contributed by atoms with Gasteiger partial charge in [-0.15, -0.1) is 0 Å². The van der Waals surface area contributed by atoms with Gasteiger partial charge in [-0.25, -0.2) is 9.38 Å². The van der Waals surface area contributed by atoms with E-state index in [4.69, 9.17) is 0 Å². The fraction of sp³-hybridized carbons (Fsp3) is 0.261. The van der Waals surface area contributed by atoms with Crippen molar-refractivity contribution in [2.75, 3.05) is 5.32 Å². The monoisotopic (exact) mass is 407 g/mol. The highest BCUT2D eigenvalue weighted by Crippen LogP contribution is 2.14. The van der Waals surface area contributed by atoms with E-state index in [9.17, 15) is 9.18 Å². The maximum atomic E-state index is 13.5. The number of halogens is 1. The number of para-hydroxylation sites is 1. The number of rotatable bonds is 6. The van der Waals surface area contributed by atoms with Crippen LogP contribution in [0.1, 0.15) is 40.5 Å². The van der Waals surface area contributed by atoms with E-state index in [0.717, 1.165) is 35.5 Å². The fourth-order valence-electron chi connectivity index (χ4n) is 2.98. The van der Waals surface area contributed by atoms with Crippen LogP contribution in [0.15, 0.2) is 59.7 Å². The van der Waals surface area contributed by atoms with Crippen molar-refractivity contribution in [2.45, 2.75) is 40.3 Å². The minimum Gasteiger partial charge on any atom is -0.326 e. The second-order valence-corrected chi connectivity index (χ2v) is 7.07. The minimum absolute atomic E-state index is 0.223. The van der Waals surface area contributed by atoms with Crippen molar-refractivity contribution in [1.82, 2.24) is 15.1 Å². The molecule has 2 aromatic carbocycles. The molecule has 1 aromatic heterocycles. The molecule has 1 amide bonds. The first-order valence-corrected chi connectivity index (χ1v) is 9.93.